The molecule has 2 aromatic rings. The summed E-state index contributed by atoms with van der Waals surface area (Å²) in [6, 6.07) is 8.34. The number of nitrogens with zero attached hydrogens (tertiary/aromatic N) is 3. The summed E-state index contributed by atoms with van der Waals surface area (Å²) in [5, 5.41) is 4.17. The molecular formula is C20H28N4O2S2. The SMILES string of the molecule is COCCOCn1ccnc1C1CCN(C(=S)Nc2cccc(SC)c2)CC1. The van der Waals surface area contributed by atoms with Gasteiger partial charge in [-0.15, -0.1) is 11.8 Å². The van der Waals surface area contributed by atoms with Crippen LogP contribution in [0.1, 0.15) is 24.6 Å². The van der Waals surface area contributed by atoms with Gasteiger partial charge in [-0.05, 0) is 49.5 Å². The van der Waals surface area contributed by atoms with E-state index in [1.54, 1.807) is 18.9 Å². The molecule has 3 rings (SSSR count). The van der Waals surface area contributed by atoms with Crippen LogP contribution in [0.3, 0.4) is 0 Å². The van der Waals surface area contributed by atoms with Crippen LogP contribution in [0.5, 0.6) is 0 Å². The lowest BCUT2D eigenvalue weighted by molar-refractivity contribution is 0.0321. The van der Waals surface area contributed by atoms with Gasteiger partial charge in [-0.3, -0.25) is 0 Å². The van der Waals surface area contributed by atoms with Crippen molar-refractivity contribution in [2.75, 3.05) is 45.0 Å². The Morgan fingerprint density at radius 1 is 1.32 bits per heavy atom. The fraction of sp³-hybridized carbons (Fsp3) is 0.500. The summed E-state index contributed by atoms with van der Waals surface area (Å²) in [6.45, 7) is 3.56. The monoisotopic (exact) mass is 420 g/mol. The number of benzene rings is 1. The third-order valence-electron chi connectivity index (χ3n) is 4.88. The number of thioether (sulfide) groups is 1. The largest absolute Gasteiger partial charge is 0.382 e. The van der Waals surface area contributed by atoms with Gasteiger partial charge in [0.1, 0.15) is 12.6 Å². The van der Waals surface area contributed by atoms with Crippen molar-refractivity contribution in [3.8, 4) is 0 Å². The fourth-order valence-electron chi connectivity index (χ4n) is 3.34. The van der Waals surface area contributed by atoms with Crippen LogP contribution in [0.25, 0.3) is 0 Å². The Kier molecular flexibility index (Phi) is 8.14. The number of imidazole rings is 1. The third kappa shape index (κ3) is 5.70. The summed E-state index contributed by atoms with van der Waals surface area (Å²) in [4.78, 5) is 8.06. The van der Waals surface area contributed by atoms with Crippen LogP contribution < -0.4 is 5.32 Å². The normalized spacial score (nSPS) is 15.0. The van der Waals surface area contributed by atoms with Gasteiger partial charge >= 0.3 is 0 Å². The van der Waals surface area contributed by atoms with Crippen LogP contribution in [0.2, 0.25) is 0 Å². The number of piperidine rings is 1. The van der Waals surface area contributed by atoms with Crippen LogP contribution in [0.4, 0.5) is 5.69 Å². The Balaban J connectivity index is 1.50. The topological polar surface area (TPSA) is 51.6 Å². The van der Waals surface area contributed by atoms with Gasteiger partial charge in [0.15, 0.2) is 5.11 Å². The second-order valence-corrected chi connectivity index (χ2v) is 7.98. The highest BCUT2D eigenvalue weighted by Gasteiger charge is 2.25. The first-order chi connectivity index (χ1) is 13.7. The molecular weight excluding hydrogens is 392 g/mol. The van der Waals surface area contributed by atoms with E-state index >= 15 is 0 Å². The minimum atomic E-state index is 0.430. The van der Waals surface area contributed by atoms with E-state index in [0.717, 1.165) is 42.6 Å². The molecule has 0 amide bonds. The van der Waals surface area contributed by atoms with E-state index in [0.29, 0.717) is 25.9 Å². The van der Waals surface area contributed by atoms with Crippen LogP contribution in [0, 0.1) is 0 Å². The van der Waals surface area contributed by atoms with E-state index in [-0.39, 0.29) is 0 Å². The zero-order chi connectivity index (χ0) is 19.8. The van der Waals surface area contributed by atoms with Gasteiger partial charge < -0.3 is 24.3 Å². The lowest BCUT2D eigenvalue weighted by Gasteiger charge is -2.33. The van der Waals surface area contributed by atoms with Crippen LogP contribution >= 0.6 is 24.0 Å². The summed E-state index contributed by atoms with van der Waals surface area (Å²) >= 11 is 7.37. The average molecular weight is 421 g/mol. The minimum absolute atomic E-state index is 0.430. The van der Waals surface area contributed by atoms with Crippen LogP contribution in [0.15, 0.2) is 41.6 Å². The summed E-state index contributed by atoms with van der Waals surface area (Å²) < 4.78 is 12.8. The lowest BCUT2D eigenvalue weighted by atomic mass is 9.96. The number of methoxy groups -OCH3 is 1. The van der Waals surface area contributed by atoms with Crippen LogP contribution in [-0.2, 0) is 16.2 Å². The van der Waals surface area contributed by atoms with Crippen molar-refractivity contribution < 1.29 is 9.47 Å². The molecule has 0 unspecified atom stereocenters. The van der Waals surface area contributed by atoms with Crippen molar-refractivity contribution in [1.82, 2.24) is 14.5 Å². The molecule has 0 atom stereocenters. The number of ether oxygens (including phenoxy) is 2. The van der Waals surface area contributed by atoms with Gasteiger partial charge in [-0.1, -0.05) is 6.07 Å². The highest BCUT2D eigenvalue weighted by atomic mass is 32.2. The molecule has 8 heteroatoms. The van der Waals surface area contributed by atoms with Gasteiger partial charge in [-0.2, -0.15) is 0 Å². The van der Waals surface area contributed by atoms with E-state index in [9.17, 15) is 0 Å². The summed E-state index contributed by atoms with van der Waals surface area (Å²) in [5.74, 6) is 1.53. The van der Waals surface area contributed by atoms with E-state index in [1.807, 2.05) is 12.4 Å². The van der Waals surface area contributed by atoms with Gasteiger partial charge in [0.2, 0.25) is 0 Å². The van der Waals surface area contributed by atoms with E-state index in [4.69, 9.17) is 21.7 Å². The molecule has 1 N–H and O–H groups in total. The molecule has 6 nitrogen and oxygen atoms in total. The highest BCUT2D eigenvalue weighted by Crippen LogP contribution is 2.27. The Morgan fingerprint density at radius 3 is 2.89 bits per heavy atom. The predicted octanol–water partition coefficient (Wildman–Crippen LogP) is 3.80. The first-order valence-corrected chi connectivity index (χ1v) is 11.1. The van der Waals surface area contributed by atoms with Gasteiger partial charge in [-0.25, -0.2) is 4.98 Å². The number of rotatable bonds is 8. The molecule has 1 aromatic heterocycles. The second-order valence-electron chi connectivity index (χ2n) is 6.71. The van der Waals surface area contributed by atoms with Gasteiger partial charge in [0, 0.05) is 49.1 Å². The maximum atomic E-state index is 5.65. The number of aromatic nitrogens is 2. The van der Waals surface area contributed by atoms with Crippen molar-refractivity contribution in [3.63, 3.8) is 0 Å². The molecule has 28 heavy (non-hydrogen) atoms. The summed E-state index contributed by atoms with van der Waals surface area (Å²) in [6.07, 6.45) is 7.98. The van der Waals surface area contributed by atoms with Crippen molar-refractivity contribution in [1.29, 1.82) is 0 Å². The number of nitrogens with one attached hydrogen (secondary N) is 1. The summed E-state index contributed by atoms with van der Waals surface area (Å²) in [7, 11) is 1.68. The average Bonchev–Trinajstić information content (AvgIpc) is 3.20. The quantitative estimate of drug-likeness (QED) is 0.396. The molecule has 1 fully saturated rings. The molecule has 0 bridgehead atoms. The Bertz CT molecular complexity index is 760. The number of thiocarbonyl (C=S) groups is 1. The molecule has 0 radical (unpaired) electrons. The molecule has 0 aliphatic carbocycles. The standard InChI is InChI=1S/C20H28N4O2S2/c1-25-12-13-26-15-24-11-8-21-19(24)16-6-9-23(10-7-16)20(27)22-17-4-3-5-18(14-17)28-2/h3-5,8,11,14,16H,6-7,9-10,12-13,15H2,1-2H3,(H,22,27). The third-order valence-corrected chi connectivity index (χ3v) is 5.96. The molecule has 152 valence electrons. The van der Waals surface area contributed by atoms with E-state index < -0.39 is 0 Å². The predicted molar refractivity (Wildman–Crippen MR) is 118 cm³/mol. The molecule has 2 heterocycles. The van der Waals surface area contributed by atoms with Crippen molar-refractivity contribution in [2.45, 2.75) is 30.4 Å². The van der Waals surface area contributed by atoms with Crippen molar-refractivity contribution in [3.05, 3.63) is 42.5 Å². The smallest absolute Gasteiger partial charge is 0.173 e. The highest BCUT2D eigenvalue weighted by molar-refractivity contribution is 7.98. The first kappa shape index (κ1) is 21.1. The summed E-state index contributed by atoms with van der Waals surface area (Å²) in [5.41, 5.74) is 1.04. The van der Waals surface area contributed by atoms with Crippen molar-refractivity contribution >= 4 is 34.8 Å². The molecule has 0 saturated carbocycles. The maximum absolute atomic E-state index is 5.65. The lowest BCUT2D eigenvalue weighted by Crippen LogP contribution is -2.40. The van der Waals surface area contributed by atoms with E-state index in [1.165, 1.54) is 4.90 Å². The van der Waals surface area contributed by atoms with Gasteiger partial charge in [0.25, 0.3) is 0 Å². The molecule has 1 aliphatic rings. The molecule has 1 saturated heterocycles. The van der Waals surface area contributed by atoms with Crippen LogP contribution in [-0.4, -0.2) is 59.2 Å². The zero-order valence-corrected chi connectivity index (χ0v) is 18.1. The first-order valence-electron chi connectivity index (χ1n) is 9.49. The maximum Gasteiger partial charge on any atom is 0.173 e. The Labute approximate surface area is 176 Å². The Morgan fingerprint density at radius 2 is 2.14 bits per heavy atom. The van der Waals surface area contributed by atoms with E-state index in [2.05, 4.69) is 50.3 Å². The fourth-order valence-corrected chi connectivity index (χ4v) is 4.10. The number of likely N-dealkylation sites (tertiary alicyclic amines) is 1. The zero-order valence-electron chi connectivity index (χ0n) is 16.5. The number of hydrogen-bond donors (Lipinski definition) is 1. The molecule has 1 aliphatic heterocycles. The molecule has 1 aromatic carbocycles. The van der Waals surface area contributed by atoms with Gasteiger partial charge in [0.05, 0.1) is 13.2 Å². The second kappa shape index (κ2) is 10.8. The van der Waals surface area contributed by atoms with Crippen molar-refractivity contribution in [2.24, 2.45) is 0 Å². The molecule has 0 spiro atoms. The Hall–Kier alpha value is -1.61. The number of hydrogen-bond acceptors (Lipinski definition) is 5. The minimum Gasteiger partial charge on any atom is -0.382 e. The number of anilines is 1.